The summed E-state index contributed by atoms with van der Waals surface area (Å²) in [7, 11) is -2.15. The van der Waals surface area contributed by atoms with Crippen LogP contribution in [0.15, 0.2) is 0 Å². The third-order valence-corrected chi connectivity index (χ3v) is 9.34. The highest BCUT2D eigenvalue weighted by Gasteiger charge is 2.44. The van der Waals surface area contributed by atoms with E-state index in [2.05, 4.69) is 33.9 Å². The molecule has 2 atom stereocenters. The van der Waals surface area contributed by atoms with Crippen LogP contribution in [0.25, 0.3) is 0 Å². The average molecular weight is 406 g/mol. The van der Waals surface area contributed by atoms with Crippen LogP contribution in [0, 0.1) is 0 Å². The predicted molar refractivity (Wildman–Crippen MR) is 103 cm³/mol. The van der Waals surface area contributed by atoms with Crippen LogP contribution < -0.4 is 0 Å². The Balaban J connectivity index is 2.99. The summed E-state index contributed by atoms with van der Waals surface area (Å²) in [6.45, 7) is 14.9. The summed E-state index contributed by atoms with van der Waals surface area (Å²) in [6.07, 6.45) is -1.93. The molecule has 0 radical (unpaired) electrons. The van der Waals surface area contributed by atoms with Crippen molar-refractivity contribution in [3.63, 3.8) is 0 Å². The highest BCUT2D eigenvalue weighted by Crippen LogP contribution is 2.37. The van der Waals surface area contributed by atoms with Crippen molar-refractivity contribution in [2.45, 2.75) is 77.0 Å². The smallest absolute Gasteiger partial charge is 0.410 e. The molecule has 158 valence electrons. The van der Waals surface area contributed by atoms with E-state index in [1.165, 1.54) is 4.90 Å². The first-order valence-corrected chi connectivity index (χ1v) is 12.1. The normalized spacial score (nSPS) is 25.1. The van der Waals surface area contributed by atoms with Gasteiger partial charge in [0.05, 0.1) is 26.3 Å². The summed E-state index contributed by atoms with van der Waals surface area (Å²) in [5, 5.41) is 20.3. The van der Waals surface area contributed by atoms with Crippen molar-refractivity contribution in [1.82, 2.24) is 4.90 Å². The van der Waals surface area contributed by atoms with Gasteiger partial charge in [-0.3, -0.25) is 0 Å². The average Bonchev–Trinajstić information content (AvgIpc) is 2.63. The van der Waals surface area contributed by atoms with Gasteiger partial charge >= 0.3 is 12.1 Å². The molecule has 8 nitrogen and oxygen atoms in total. The highest BCUT2D eigenvalue weighted by atomic mass is 28.4. The molecule has 0 unspecified atom stereocenters. The van der Waals surface area contributed by atoms with E-state index >= 15 is 0 Å². The summed E-state index contributed by atoms with van der Waals surface area (Å²) in [6, 6.07) is 0. The highest BCUT2D eigenvalue weighted by molar-refractivity contribution is 6.74. The van der Waals surface area contributed by atoms with Crippen molar-refractivity contribution in [2.75, 3.05) is 26.3 Å². The van der Waals surface area contributed by atoms with E-state index in [0.717, 1.165) is 0 Å². The zero-order chi connectivity index (χ0) is 21.3. The molecule has 1 heterocycles. The van der Waals surface area contributed by atoms with Gasteiger partial charge in [0, 0.05) is 0 Å². The fourth-order valence-corrected chi connectivity index (χ4v) is 3.27. The molecule has 0 aliphatic carbocycles. The van der Waals surface area contributed by atoms with Gasteiger partial charge in [0.25, 0.3) is 0 Å². The van der Waals surface area contributed by atoms with Gasteiger partial charge in [-0.25, -0.2) is 9.59 Å². The third-order valence-electron chi connectivity index (χ3n) is 4.86. The summed E-state index contributed by atoms with van der Waals surface area (Å²) in [5.74, 6) is -1.20. The Kier molecular flexibility index (Phi) is 7.13. The number of carboxylic acids is 1. The zero-order valence-corrected chi connectivity index (χ0v) is 18.8. The Morgan fingerprint density at radius 2 is 1.78 bits per heavy atom. The Labute approximate surface area is 162 Å². The molecule has 1 saturated heterocycles. The zero-order valence-electron chi connectivity index (χ0n) is 17.8. The van der Waals surface area contributed by atoms with E-state index in [-0.39, 0.29) is 31.3 Å². The predicted octanol–water partition coefficient (Wildman–Crippen LogP) is 2.46. The van der Waals surface area contributed by atoms with Gasteiger partial charge in [-0.05, 0) is 38.9 Å². The number of carbonyl (C=O) groups excluding carboxylic acids is 1. The molecule has 0 aromatic rings. The first-order valence-electron chi connectivity index (χ1n) is 9.14. The number of hydrogen-bond donors (Lipinski definition) is 2. The number of amides is 1. The van der Waals surface area contributed by atoms with Crippen molar-refractivity contribution in [2.24, 2.45) is 0 Å². The van der Waals surface area contributed by atoms with Crippen molar-refractivity contribution in [3.05, 3.63) is 0 Å². The van der Waals surface area contributed by atoms with E-state index in [4.69, 9.17) is 13.9 Å². The van der Waals surface area contributed by atoms with Gasteiger partial charge in [-0.2, -0.15) is 0 Å². The maximum atomic E-state index is 12.5. The van der Waals surface area contributed by atoms with Crippen LogP contribution in [0.3, 0.4) is 0 Å². The number of rotatable bonds is 4. The number of nitrogens with zero attached hydrogens (tertiary/aromatic N) is 1. The molecule has 2 N–H and O–H groups in total. The number of aliphatic carboxylic acids is 1. The number of ether oxygens (including phenoxy) is 2. The minimum atomic E-state index is -2.15. The second kappa shape index (κ2) is 8.06. The number of β-amino-alcohol motifs (C(OH)–C–C–N with tert-alkyl or cyclic N) is 1. The summed E-state index contributed by atoms with van der Waals surface area (Å²) in [5.41, 5.74) is -2.25. The summed E-state index contributed by atoms with van der Waals surface area (Å²) >= 11 is 0. The first kappa shape index (κ1) is 23.9. The fraction of sp³-hybridized carbons (Fsp3) is 0.889. The minimum Gasteiger partial charge on any atom is -0.479 e. The number of carboxylic acid groups (broad SMARTS) is 1. The molecule has 0 aromatic heterocycles. The van der Waals surface area contributed by atoms with Crippen molar-refractivity contribution in [3.8, 4) is 0 Å². The Bertz CT molecular complexity index is 553. The lowest BCUT2D eigenvalue weighted by Crippen LogP contribution is -2.53. The molecular formula is C18H35NO7Si. The molecule has 0 spiro atoms. The van der Waals surface area contributed by atoms with Crippen LogP contribution in [0.5, 0.6) is 0 Å². The van der Waals surface area contributed by atoms with Crippen molar-refractivity contribution < 1.29 is 33.7 Å². The fourth-order valence-electron chi connectivity index (χ4n) is 2.21. The maximum absolute atomic E-state index is 12.5. The quantitative estimate of drug-likeness (QED) is 0.692. The number of hydrogen-bond acceptors (Lipinski definition) is 6. The molecule has 27 heavy (non-hydrogen) atoms. The molecule has 9 heteroatoms. The van der Waals surface area contributed by atoms with Crippen LogP contribution in [-0.4, -0.2) is 79.1 Å². The van der Waals surface area contributed by atoms with Crippen molar-refractivity contribution >= 4 is 20.4 Å². The standard InChI is InChI=1S/C18H35NO7Si/c1-16(2,3)26-15(22)19-9-13(14(20)21)24-11-18(23,10-19)12-25-27(7,8)17(4,5)6/h13,23H,9-12H2,1-8H3,(H,20,21)/t13-,18+/m0/s1. The number of carbonyl (C=O) groups is 2. The molecule has 1 amide bonds. The molecule has 1 aliphatic heterocycles. The van der Waals surface area contributed by atoms with Gasteiger partial charge in [-0.15, -0.1) is 0 Å². The van der Waals surface area contributed by atoms with E-state index in [1.54, 1.807) is 20.8 Å². The maximum Gasteiger partial charge on any atom is 0.410 e. The lowest BCUT2D eigenvalue weighted by Gasteiger charge is -2.39. The molecule has 0 saturated carbocycles. The first-order chi connectivity index (χ1) is 12.0. The molecule has 1 aliphatic rings. The van der Waals surface area contributed by atoms with Gasteiger partial charge in [0.15, 0.2) is 14.4 Å². The lowest BCUT2D eigenvalue weighted by atomic mass is 10.1. The topological polar surface area (TPSA) is 106 Å². The van der Waals surface area contributed by atoms with E-state index in [9.17, 15) is 19.8 Å². The van der Waals surface area contributed by atoms with Crippen LogP contribution in [0.2, 0.25) is 18.1 Å². The van der Waals surface area contributed by atoms with Gasteiger partial charge in [-0.1, -0.05) is 20.8 Å². The van der Waals surface area contributed by atoms with Gasteiger partial charge in [0.1, 0.15) is 11.2 Å². The van der Waals surface area contributed by atoms with E-state index in [1.807, 2.05) is 0 Å². The van der Waals surface area contributed by atoms with Crippen molar-refractivity contribution in [1.29, 1.82) is 0 Å². The number of aliphatic hydroxyl groups is 1. The summed E-state index contributed by atoms with van der Waals surface area (Å²) in [4.78, 5) is 25.1. The second-order valence-corrected chi connectivity index (χ2v) is 14.6. The van der Waals surface area contributed by atoms with Crippen LogP contribution >= 0.6 is 0 Å². The molecular weight excluding hydrogens is 370 g/mol. The van der Waals surface area contributed by atoms with Crippen LogP contribution in [-0.2, 0) is 18.7 Å². The molecule has 0 aromatic carbocycles. The Hall–Kier alpha value is -1.16. The SMILES string of the molecule is CC(C)(C)OC(=O)N1C[C@@H](C(=O)O)OC[C@@](O)(CO[Si](C)(C)C(C)(C)C)C1. The second-order valence-electron chi connectivity index (χ2n) is 9.77. The largest absolute Gasteiger partial charge is 0.479 e. The Morgan fingerprint density at radius 3 is 2.22 bits per heavy atom. The van der Waals surface area contributed by atoms with E-state index in [0.29, 0.717) is 0 Å². The lowest BCUT2D eigenvalue weighted by molar-refractivity contribution is -0.153. The summed E-state index contributed by atoms with van der Waals surface area (Å²) < 4.78 is 16.8. The van der Waals surface area contributed by atoms with Crippen LogP contribution in [0.1, 0.15) is 41.5 Å². The molecule has 0 bridgehead atoms. The van der Waals surface area contributed by atoms with Crippen LogP contribution in [0.4, 0.5) is 4.79 Å². The molecule has 1 rings (SSSR count). The minimum absolute atomic E-state index is 0.0465. The molecule has 1 fully saturated rings. The van der Waals surface area contributed by atoms with E-state index < -0.39 is 37.7 Å². The third kappa shape index (κ3) is 7.06. The van der Waals surface area contributed by atoms with Gasteiger partial charge < -0.3 is 29.0 Å². The van der Waals surface area contributed by atoms with Gasteiger partial charge in [0.2, 0.25) is 0 Å². The monoisotopic (exact) mass is 405 g/mol. The Morgan fingerprint density at radius 1 is 1.22 bits per heavy atom.